The molecule has 2 aromatic carbocycles. The van der Waals surface area contributed by atoms with Gasteiger partial charge < -0.3 is 10.2 Å². The second kappa shape index (κ2) is 8.82. The molecule has 3 aromatic rings. The topological polar surface area (TPSA) is 111 Å². The van der Waals surface area contributed by atoms with Crippen LogP contribution in [0.25, 0.3) is 11.1 Å². The number of nitrogens with zero attached hydrogens (tertiary/aromatic N) is 2. The van der Waals surface area contributed by atoms with Gasteiger partial charge in [-0.15, -0.1) is 5.10 Å². The minimum Gasteiger partial charge on any atom is -0.353 e. The smallest absolute Gasteiger partial charge is 0.341 e. The molecule has 8 heteroatoms. The largest absolute Gasteiger partial charge is 0.353 e. The highest BCUT2D eigenvalue weighted by molar-refractivity contribution is 5.92. The van der Waals surface area contributed by atoms with Gasteiger partial charge in [0.25, 0.3) is 5.91 Å². The Bertz CT molecular complexity index is 1170. The van der Waals surface area contributed by atoms with Crippen molar-refractivity contribution >= 4 is 11.8 Å². The molecule has 1 aromatic heterocycles. The lowest BCUT2D eigenvalue weighted by Crippen LogP contribution is -2.47. The van der Waals surface area contributed by atoms with Gasteiger partial charge in [-0.2, -0.15) is 0 Å². The fourth-order valence-electron chi connectivity index (χ4n) is 4.33. The maximum absolute atomic E-state index is 13.4. The molecule has 1 aliphatic rings. The zero-order valence-electron chi connectivity index (χ0n) is 18.2. The van der Waals surface area contributed by atoms with Gasteiger partial charge in [-0.3, -0.25) is 14.6 Å². The number of nitrogens with one attached hydrogen (secondary N) is 3. The molecular formula is C24H27N5O3. The molecule has 1 fully saturated rings. The van der Waals surface area contributed by atoms with E-state index in [1.54, 1.807) is 4.90 Å². The van der Waals surface area contributed by atoms with Crippen LogP contribution in [-0.2, 0) is 11.2 Å². The SMILES string of the molecule is CC(C)NC(=O)[C@]1(Cc2ccccc2-c2ccccc2)CCN(C(=O)c2n[nH]c(=O)[nH]2)C1. The summed E-state index contributed by atoms with van der Waals surface area (Å²) in [6.07, 6.45) is 1.02. The van der Waals surface area contributed by atoms with E-state index in [1.807, 2.05) is 50.2 Å². The molecule has 0 radical (unpaired) electrons. The first-order valence-corrected chi connectivity index (χ1v) is 10.8. The molecule has 1 saturated heterocycles. The van der Waals surface area contributed by atoms with Crippen molar-refractivity contribution in [3.63, 3.8) is 0 Å². The summed E-state index contributed by atoms with van der Waals surface area (Å²) in [6.45, 7) is 4.51. The molecule has 0 saturated carbocycles. The number of hydrogen-bond donors (Lipinski definition) is 3. The van der Waals surface area contributed by atoms with E-state index in [0.29, 0.717) is 19.4 Å². The molecular weight excluding hydrogens is 406 g/mol. The van der Waals surface area contributed by atoms with Gasteiger partial charge in [0.05, 0.1) is 5.41 Å². The summed E-state index contributed by atoms with van der Waals surface area (Å²) in [5, 5.41) is 9.03. The summed E-state index contributed by atoms with van der Waals surface area (Å²) in [7, 11) is 0. The third kappa shape index (κ3) is 4.34. The fourth-order valence-corrected chi connectivity index (χ4v) is 4.33. The maximum atomic E-state index is 13.4. The Labute approximate surface area is 186 Å². The number of likely N-dealkylation sites (tertiary alicyclic amines) is 1. The van der Waals surface area contributed by atoms with Crippen molar-refractivity contribution in [2.24, 2.45) is 5.41 Å². The molecule has 0 spiro atoms. The molecule has 8 nitrogen and oxygen atoms in total. The van der Waals surface area contributed by atoms with Crippen LogP contribution in [0.15, 0.2) is 59.4 Å². The van der Waals surface area contributed by atoms with Crippen LogP contribution in [0.2, 0.25) is 0 Å². The highest BCUT2D eigenvalue weighted by atomic mass is 16.2. The highest BCUT2D eigenvalue weighted by Crippen LogP contribution is 2.38. The lowest BCUT2D eigenvalue weighted by atomic mass is 9.78. The summed E-state index contributed by atoms with van der Waals surface area (Å²) in [6, 6.07) is 18.1. The van der Waals surface area contributed by atoms with Crippen LogP contribution in [0.1, 0.15) is 36.5 Å². The van der Waals surface area contributed by atoms with Gasteiger partial charge in [0.2, 0.25) is 11.7 Å². The van der Waals surface area contributed by atoms with Crippen LogP contribution in [0.4, 0.5) is 0 Å². The van der Waals surface area contributed by atoms with Crippen LogP contribution in [-0.4, -0.2) is 51.0 Å². The van der Waals surface area contributed by atoms with E-state index in [9.17, 15) is 14.4 Å². The lowest BCUT2D eigenvalue weighted by molar-refractivity contribution is -0.130. The van der Waals surface area contributed by atoms with E-state index in [4.69, 9.17) is 0 Å². The first-order chi connectivity index (χ1) is 15.4. The second-order valence-electron chi connectivity index (χ2n) is 8.61. The van der Waals surface area contributed by atoms with Gasteiger partial charge in [0.15, 0.2) is 0 Å². The van der Waals surface area contributed by atoms with Gasteiger partial charge in [-0.1, -0.05) is 54.6 Å². The Morgan fingerprint density at radius 3 is 2.53 bits per heavy atom. The van der Waals surface area contributed by atoms with Crippen LogP contribution in [0.3, 0.4) is 0 Å². The predicted octanol–water partition coefficient (Wildman–Crippen LogP) is 2.36. The number of H-pyrrole nitrogens is 2. The number of carbonyl (C=O) groups is 2. The monoisotopic (exact) mass is 433 g/mol. The van der Waals surface area contributed by atoms with Crippen LogP contribution >= 0.6 is 0 Å². The Hall–Kier alpha value is -3.68. The number of carbonyl (C=O) groups excluding carboxylic acids is 2. The second-order valence-corrected chi connectivity index (χ2v) is 8.61. The average Bonchev–Trinajstić information content (AvgIpc) is 3.41. The third-order valence-corrected chi connectivity index (χ3v) is 5.88. The summed E-state index contributed by atoms with van der Waals surface area (Å²) in [4.78, 5) is 41.7. The first kappa shape index (κ1) is 21.5. The summed E-state index contributed by atoms with van der Waals surface area (Å²) in [5.74, 6) is -0.500. The molecule has 1 aliphatic heterocycles. The quantitative estimate of drug-likeness (QED) is 0.554. The molecule has 2 amide bonds. The van der Waals surface area contributed by atoms with Gasteiger partial charge in [-0.05, 0) is 43.4 Å². The van der Waals surface area contributed by atoms with Crippen LogP contribution < -0.4 is 11.0 Å². The third-order valence-electron chi connectivity index (χ3n) is 5.88. The molecule has 0 aliphatic carbocycles. The van der Waals surface area contributed by atoms with Gasteiger partial charge in [0.1, 0.15) is 0 Å². The van der Waals surface area contributed by atoms with Crippen molar-refractivity contribution in [2.75, 3.05) is 13.1 Å². The number of benzene rings is 2. The minimum atomic E-state index is -0.776. The Morgan fingerprint density at radius 1 is 1.12 bits per heavy atom. The van der Waals surface area contributed by atoms with Crippen molar-refractivity contribution < 1.29 is 9.59 Å². The minimum absolute atomic E-state index is 0.0174. The molecule has 166 valence electrons. The number of hydrogen-bond acceptors (Lipinski definition) is 4. The first-order valence-electron chi connectivity index (χ1n) is 10.8. The molecule has 32 heavy (non-hydrogen) atoms. The van der Waals surface area contributed by atoms with Gasteiger partial charge >= 0.3 is 5.69 Å². The molecule has 3 N–H and O–H groups in total. The van der Waals surface area contributed by atoms with Crippen molar-refractivity contribution in [1.29, 1.82) is 0 Å². The normalized spacial score (nSPS) is 18.2. The van der Waals surface area contributed by atoms with E-state index < -0.39 is 11.1 Å². The van der Waals surface area contributed by atoms with E-state index in [2.05, 4.69) is 38.7 Å². The molecule has 1 atom stereocenters. The van der Waals surface area contributed by atoms with Crippen LogP contribution in [0, 0.1) is 5.41 Å². The van der Waals surface area contributed by atoms with Gasteiger partial charge in [0, 0.05) is 19.1 Å². The summed E-state index contributed by atoms with van der Waals surface area (Å²) in [5.41, 5.74) is 1.91. The number of rotatable bonds is 6. The molecule has 0 unspecified atom stereocenters. The van der Waals surface area contributed by atoms with E-state index in [0.717, 1.165) is 16.7 Å². The predicted molar refractivity (Wildman–Crippen MR) is 121 cm³/mol. The summed E-state index contributed by atoms with van der Waals surface area (Å²) < 4.78 is 0. The van der Waals surface area contributed by atoms with Crippen molar-refractivity contribution in [3.8, 4) is 11.1 Å². The maximum Gasteiger partial charge on any atom is 0.341 e. The van der Waals surface area contributed by atoms with E-state index in [1.165, 1.54) is 0 Å². The van der Waals surface area contributed by atoms with Crippen molar-refractivity contribution in [3.05, 3.63) is 76.5 Å². The fraction of sp³-hybridized carbons (Fsp3) is 0.333. The number of aromatic nitrogens is 3. The number of amides is 2. The Kier molecular flexibility index (Phi) is 5.94. The Balaban J connectivity index is 1.67. The Morgan fingerprint density at radius 2 is 1.84 bits per heavy atom. The standard InChI is InChI=1S/C24H27N5O3/c1-16(2)25-22(31)24(12-13-29(15-24)21(30)20-26-23(32)28-27-20)14-18-10-6-7-11-19(18)17-8-4-3-5-9-17/h3-11,16H,12-15H2,1-2H3,(H,25,31)(H2,26,27,28,32)/t24-/m0/s1. The summed E-state index contributed by atoms with van der Waals surface area (Å²) >= 11 is 0. The zero-order chi connectivity index (χ0) is 22.7. The average molecular weight is 434 g/mol. The van der Waals surface area contributed by atoms with Gasteiger partial charge in [-0.25, -0.2) is 9.89 Å². The van der Waals surface area contributed by atoms with E-state index >= 15 is 0 Å². The van der Waals surface area contributed by atoms with E-state index in [-0.39, 0.29) is 30.2 Å². The zero-order valence-corrected chi connectivity index (χ0v) is 18.2. The highest BCUT2D eigenvalue weighted by Gasteiger charge is 2.47. The number of aromatic amines is 2. The van der Waals surface area contributed by atoms with Crippen molar-refractivity contribution in [2.45, 2.75) is 32.7 Å². The molecule has 0 bridgehead atoms. The molecule has 4 rings (SSSR count). The van der Waals surface area contributed by atoms with Crippen LogP contribution in [0.5, 0.6) is 0 Å². The van der Waals surface area contributed by atoms with Crippen molar-refractivity contribution in [1.82, 2.24) is 25.4 Å². The lowest BCUT2D eigenvalue weighted by Gasteiger charge is -2.30. The molecule has 2 heterocycles.